The molecule has 1 unspecified atom stereocenters. The summed E-state index contributed by atoms with van der Waals surface area (Å²) in [6, 6.07) is 14.2. The van der Waals surface area contributed by atoms with Gasteiger partial charge in [-0.25, -0.2) is 4.79 Å². The van der Waals surface area contributed by atoms with Crippen LogP contribution in [0.25, 0.3) is 0 Å². The van der Waals surface area contributed by atoms with Crippen LogP contribution in [0.4, 0.5) is 5.69 Å². The van der Waals surface area contributed by atoms with Crippen LogP contribution in [0.1, 0.15) is 34.0 Å². The fourth-order valence-electron chi connectivity index (χ4n) is 4.08. The highest BCUT2D eigenvalue weighted by Gasteiger charge is 2.55. The lowest BCUT2D eigenvalue weighted by molar-refractivity contribution is -0.114. The van der Waals surface area contributed by atoms with E-state index in [1.807, 2.05) is 0 Å². The van der Waals surface area contributed by atoms with E-state index >= 15 is 0 Å². The molecule has 0 radical (unpaired) electrons. The first kappa shape index (κ1) is 17.1. The van der Waals surface area contributed by atoms with Gasteiger partial charge in [0.25, 0.3) is 0 Å². The summed E-state index contributed by atoms with van der Waals surface area (Å²) in [5, 5.41) is 22.8. The summed E-state index contributed by atoms with van der Waals surface area (Å²) < 4.78 is 11.9. The second-order valence-electron chi connectivity index (χ2n) is 6.95. The number of carbonyl (C=O) groups is 2. The lowest BCUT2D eigenvalue weighted by atomic mass is 9.77. The number of carbonyl (C=O) groups excluding carboxylic acids is 2. The Hall–Kier alpha value is -4.00. The number of phenols is 2. The Labute approximate surface area is 165 Å². The molecule has 2 aliphatic heterocycles. The molecule has 5 rings (SSSR count). The lowest BCUT2D eigenvalue weighted by Gasteiger charge is -2.37. The number of aromatic hydroxyl groups is 2. The molecule has 3 aromatic carbocycles. The number of anilines is 1. The van der Waals surface area contributed by atoms with Gasteiger partial charge in [0.15, 0.2) is 5.60 Å². The van der Waals surface area contributed by atoms with E-state index < -0.39 is 11.6 Å². The molecule has 0 bridgehead atoms. The Morgan fingerprint density at radius 1 is 0.966 bits per heavy atom. The Bertz CT molecular complexity index is 1220. The highest BCUT2D eigenvalue weighted by molar-refractivity contribution is 5.99. The molecule has 2 heterocycles. The average Bonchev–Trinajstić information content (AvgIpc) is 2.94. The first-order valence-electron chi connectivity index (χ1n) is 8.89. The smallest absolute Gasteiger partial charge is 0.340 e. The third kappa shape index (κ3) is 2.30. The van der Waals surface area contributed by atoms with Crippen LogP contribution in [0, 0.1) is 0 Å². The summed E-state index contributed by atoms with van der Waals surface area (Å²) in [4.78, 5) is 24.6. The third-order valence-corrected chi connectivity index (χ3v) is 5.09. The maximum Gasteiger partial charge on any atom is 0.340 e. The van der Waals surface area contributed by atoms with Gasteiger partial charge in [0.2, 0.25) is 5.91 Å². The number of amides is 1. The standard InChI is InChI=1S/C22H15NO6/c1-11(24)23-17-8-13(26)10-19-20(17)22(16-7-6-12(25)9-18(16)28-19)15-5-3-2-4-14(15)21(27)29-22/h2-10,25-26H,1H3,(H,23,24). The number of fused-ring (bicyclic) bond motifs is 6. The summed E-state index contributed by atoms with van der Waals surface area (Å²) >= 11 is 0. The first-order valence-corrected chi connectivity index (χ1v) is 8.89. The summed E-state index contributed by atoms with van der Waals surface area (Å²) in [6.07, 6.45) is 0. The molecule has 144 valence electrons. The third-order valence-electron chi connectivity index (χ3n) is 5.09. The minimum absolute atomic E-state index is 0.0257. The molecule has 0 aliphatic carbocycles. The van der Waals surface area contributed by atoms with Gasteiger partial charge in [0, 0.05) is 36.2 Å². The van der Waals surface area contributed by atoms with E-state index in [2.05, 4.69) is 5.32 Å². The zero-order valence-electron chi connectivity index (χ0n) is 15.2. The largest absolute Gasteiger partial charge is 0.508 e. The number of esters is 1. The molecule has 29 heavy (non-hydrogen) atoms. The Kier molecular flexibility index (Phi) is 3.39. The minimum atomic E-state index is -1.41. The van der Waals surface area contributed by atoms with Crippen molar-refractivity contribution in [2.24, 2.45) is 0 Å². The molecule has 0 saturated heterocycles. The van der Waals surface area contributed by atoms with Gasteiger partial charge in [-0.15, -0.1) is 0 Å². The van der Waals surface area contributed by atoms with Crippen molar-refractivity contribution in [2.45, 2.75) is 12.5 Å². The molecule has 1 spiro atoms. The predicted octanol–water partition coefficient (Wildman–Crippen LogP) is 3.62. The predicted molar refractivity (Wildman–Crippen MR) is 102 cm³/mol. The Morgan fingerprint density at radius 2 is 1.72 bits per heavy atom. The number of hydrogen-bond acceptors (Lipinski definition) is 6. The number of rotatable bonds is 1. The van der Waals surface area contributed by atoms with Gasteiger partial charge in [-0.05, 0) is 18.2 Å². The Morgan fingerprint density at radius 3 is 2.52 bits per heavy atom. The van der Waals surface area contributed by atoms with E-state index in [-0.39, 0.29) is 34.6 Å². The van der Waals surface area contributed by atoms with Crippen LogP contribution >= 0.6 is 0 Å². The Balaban J connectivity index is 1.92. The molecule has 0 saturated carbocycles. The highest BCUT2D eigenvalue weighted by atomic mass is 16.6. The quantitative estimate of drug-likeness (QED) is 0.549. The van der Waals surface area contributed by atoms with Crippen molar-refractivity contribution in [1.29, 1.82) is 0 Å². The van der Waals surface area contributed by atoms with Crippen LogP contribution in [-0.4, -0.2) is 22.1 Å². The van der Waals surface area contributed by atoms with Gasteiger partial charge in [0.05, 0.1) is 16.8 Å². The number of nitrogens with one attached hydrogen (secondary N) is 1. The second-order valence-corrected chi connectivity index (χ2v) is 6.95. The van der Waals surface area contributed by atoms with Crippen molar-refractivity contribution < 1.29 is 29.3 Å². The van der Waals surface area contributed by atoms with Gasteiger partial charge >= 0.3 is 5.97 Å². The molecular weight excluding hydrogens is 374 g/mol. The molecule has 1 amide bonds. The van der Waals surface area contributed by atoms with E-state index in [1.54, 1.807) is 30.3 Å². The van der Waals surface area contributed by atoms with Crippen molar-refractivity contribution in [1.82, 2.24) is 0 Å². The molecule has 1 atom stereocenters. The number of ether oxygens (including phenoxy) is 2. The topological polar surface area (TPSA) is 105 Å². The summed E-state index contributed by atoms with van der Waals surface area (Å²) in [5.74, 6) is -0.555. The monoisotopic (exact) mass is 389 g/mol. The summed E-state index contributed by atoms with van der Waals surface area (Å²) in [5.41, 5.74) is 0.714. The van der Waals surface area contributed by atoms with Crippen LogP contribution in [0.2, 0.25) is 0 Å². The van der Waals surface area contributed by atoms with E-state index in [9.17, 15) is 19.8 Å². The average molecular weight is 389 g/mol. The van der Waals surface area contributed by atoms with Crippen LogP contribution in [0.15, 0.2) is 54.6 Å². The summed E-state index contributed by atoms with van der Waals surface area (Å²) in [6.45, 7) is 1.34. The zero-order valence-corrected chi connectivity index (χ0v) is 15.2. The van der Waals surface area contributed by atoms with Gasteiger partial charge in [-0.2, -0.15) is 0 Å². The van der Waals surface area contributed by atoms with Crippen LogP contribution < -0.4 is 10.1 Å². The molecule has 0 aromatic heterocycles. The maximum absolute atomic E-state index is 12.8. The van der Waals surface area contributed by atoms with Gasteiger partial charge in [-0.1, -0.05) is 18.2 Å². The van der Waals surface area contributed by atoms with Crippen molar-refractivity contribution in [3.8, 4) is 23.0 Å². The highest BCUT2D eigenvalue weighted by Crippen LogP contribution is 2.59. The van der Waals surface area contributed by atoms with Crippen molar-refractivity contribution >= 4 is 17.6 Å². The fraction of sp³-hybridized carbons (Fsp3) is 0.0909. The maximum atomic E-state index is 12.8. The lowest BCUT2D eigenvalue weighted by Crippen LogP contribution is -2.34. The molecule has 7 nitrogen and oxygen atoms in total. The van der Waals surface area contributed by atoms with Crippen molar-refractivity contribution in [2.75, 3.05) is 5.32 Å². The first-order chi connectivity index (χ1) is 13.9. The normalized spacial score (nSPS) is 18.3. The minimum Gasteiger partial charge on any atom is -0.508 e. The van der Waals surface area contributed by atoms with E-state index in [4.69, 9.17) is 9.47 Å². The molecule has 2 aliphatic rings. The molecule has 7 heteroatoms. The SMILES string of the molecule is CC(=O)Nc1cc(O)cc2c1C1(OC(=O)c3ccccc31)c1ccc(O)cc1O2. The van der Waals surface area contributed by atoms with E-state index in [1.165, 1.54) is 31.2 Å². The van der Waals surface area contributed by atoms with E-state index in [0.29, 0.717) is 22.3 Å². The molecule has 3 aromatic rings. The van der Waals surface area contributed by atoms with Crippen LogP contribution in [0.5, 0.6) is 23.0 Å². The molecule has 3 N–H and O–H groups in total. The van der Waals surface area contributed by atoms with E-state index in [0.717, 1.165) is 0 Å². The van der Waals surface area contributed by atoms with Crippen LogP contribution in [-0.2, 0) is 15.1 Å². The molecule has 0 fully saturated rings. The van der Waals surface area contributed by atoms with Crippen molar-refractivity contribution in [3.63, 3.8) is 0 Å². The van der Waals surface area contributed by atoms with Gasteiger partial charge < -0.3 is 25.0 Å². The number of phenolic OH excluding ortho intramolecular Hbond substituents is 2. The number of benzene rings is 3. The second kappa shape index (κ2) is 5.75. The summed E-state index contributed by atoms with van der Waals surface area (Å²) in [7, 11) is 0. The zero-order chi connectivity index (χ0) is 20.3. The van der Waals surface area contributed by atoms with Gasteiger partial charge in [0.1, 0.15) is 23.0 Å². The fourth-order valence-corrected chi connectivity index (χ4v) is 4.08. The van der Waals surface area contributed by atoms with Gasteiger partial charge in [-0.3, -0.25) is 4.79 Å². The van der Waals surface area contributed by atoms with Crippen LogP contribution in [0.3, 0.4) is 0 Å². The van der Waals surface area contributed by atoms with Crippen molar-refractivity contribution in [3.05, 3.63) is 76.9 Å². The number of hydrogen-bond donors (Lipinski definition) is 3. The molecular formula is C22H15NO6.